The number of halogens is 1. The lowest BCUT2D eigenvalue weighted by Gasteiger charge is -2.24. The Labute approximate surface area is 113 Å². The molecule has 1 aromatic rings. The molecule has 0 saturated carbocycles. The number of piperazine rings is 1. The van der Waals surface area contributed by atoms with Gasteiger partial charge >= 0.3 is 0 Å². The van der Waals surface area contributed by atoms with Gasteiger partial charge in [0.05, 0.1) is 31.0 Å². The first kappa shape index (κ1) is 13.9. The summed E-state index contributed by atoms with van der Waals surface area (Å²) < 4.78 is 13.0. The Bertz CT molecular complexity index is 560. The fourth-order valence-corrected chi connectivity index (χ4v) is 1.84. The molecule has 1 aliphatic rings. The maximum Gasteiger partial charge on any atom is 0.240 e. The first-order valence-corrected chi connectivity index (χ1v) is 5.84. The number of carbonyl (C=O) groups is 3. The Morgan fingerprint density at radius 1 is 1.35 bits per heavy atom. The van der Waals surface area contributed by atoms with E-state index in [-0.39, 0.29) is 31.0 Å². The third kappa shape index (κ3) is 3.51. The van der Waals surface area contributed by atoms with E-state index >= 15 is 0 Å². The van der Waals surface area contributed by atoms with Crippen LogP contribution in [0.2, 0.25) is 0 Å². The fourth-order valence-electron chi connectivity index (χ4n) is 1.84. The van der Waals surface area contributed by atoms with Crippen molar-refractivity contribution in [3.8, 4) is 0 Å². The summed E-state index contributed by atoms with van der Waals surface area (Å²) in [5.74, 6) is -1.93. The predicted octanol–water partition coefficient (Wildman–Crippen LogP) is -0.695. The molecule has 1 fully saturated rings. The number of amides is 3. The first-order valence-electron chi connectivity index (χ1n) is 5.84. The molecule has 0 atom stereocenters. The van der Waals surface area contributed by atoms with Gasteiger partial charge in [0.15, 0.2) is 0 Å². The Balaban J connectivity index is 1.97. The molecule has 1 saturated heterocycles. The van der Waals surface area contributed by atoms with Gasteiger partial charge in [-0.15, -0.1) is 0 Å². The van der Waals surface area contributed by atoms with Crippen LogP contribution in [-0.2, 0) is 14.4 Å². The van der Waals surface area contributed by atoms with Crippen molar-refractivity contribution in [3.05, 3.63) is 24.0 Å². The number of anilines is 2. The topological polar surface area (TPSA) is 105 Å². The highest BCUT2D eigenvalue weighted by Gasteiger charge is 2.24. The molecule has 20 heavy (non-hydrogen) atoms. The molecule has 0 unspecified atom stereocenters. The number of hydrogen-bond donors (Lipinski definition) is 3. The number of benzene rings is 1. The number of carbonyl (C=O) groups excluding carboxylic acids is 3. The van der Waals surface area contributed by atoms with Crippen molar-refractivity contribution < 1.29 is 18.8 Å². The van der Waals surface area contributed by atoms with Gasteiger partial charge in [0, 0.05) is 0 Å². The van der Waals surface area contributed by atoms with Crippen LogP contribution in [0.25, 0.3) is 0 Å². The maximum absolute atomic E-state index is 13.0. The number of nitrogens with one attached hydrogen (secondary N) is 2. The molecule has 4 N–H and O–H groups in total. The van der Waals surface area contributed by atoms with Crippen LogP contribution >= 0.6 is 0 Å². The summed E-state index contributed by atoms with van der Waals surface area (Å²) in [5, 5.41) is 4.57. The molecule has 2 rings (SSSR count). The van der Waals surface area contributed by atoms with Crippen LogP contribution in [0.15, 0.2) is 18.2 Å². The van der Waals surface area contributed by atoms with Crippen molar-refractivity contribution in [2.75, 3.05) is 30.7 Å². The third-order valence-electron chi connectivity index (χ3n) is 2.67. The summed E-state index contributed by atoms with van der Waals surface area (Å²) in [6, 6.07) is 3.61. The van der Waals surface area contributed by atoms with Crippen LogP contribution in [0.5, 0.6) is 0 Å². The monoisotopic (exact) mass is 280 g/mol. The highest BCUT2D eigenvalue weighted by molar-refractivity contribution is 6.01. The molecule has 0 aromatic heterocycles. The Morgan fingerprint density at radius 3 is 2.65 bits per heavy atom. The van der Waals surface area contributed by atoms with Crippen LogP contribution in [0.3, 0.4) is 0 Å². The number of rotatable bonds is 3. The van der Waals surface area contributed by atoms with Gasteiger partial charge in [-0.3, -0.25) is 24.6 Å². The van der Waals surface area contributed by atoms with Gasteiger partial charge in [0.25, 0.3) is 0 Å². The van der Waals surface area contributed by atoms with E-state index in [2.05, 4.69) is 10.6 Å². The zero-order chi connectivity index (χ0) is 14.7. The van der Waals surface area contributed by atoms with Crippen LogP contribution in [0, 0.1) is 5.82 Å². The Kier molecular flexibility index (Phi) is 3.94. The molecule has 0 radical (unpaired) electrons. The number of nitrogens with two attached hydrogens (primary N) is 1. The third-order valence-corrected chi connectivity index (χ3v) is 2.67. The molecule has 0 bridgehead atoms. The Morgan fingerprint density at radius 2 is 2.00 bits per heavy atom. The first-order chi connectivity index (χ1) is 9.44. The minimum absolute atomic E-state index is 0.0439. The van der Waals surface area contributed by atoms with Crippen molar-refractivity contribution >= 4 is 29.1 Å². The summed E-state index contributed by atoms with van der Waals surface area (Å²) in [6.07, 6.45) is 0. The molecule has 1 aliphatic heterocycles. The standard InChI is InChI=1S/C12H13FN4O3/c13-7-1-2-8(14)9(3-7)15-10(18)4-17-5-11(19)16-12(20)6-17/h1-3H,4-6,14H2,(H,15,18)(H,16,19,20). The SMILES string of the molecule is Nc1ccc(F)cc1NC(=O)CN1CC(=O)NC(=O)C1. The van der Waals surface area contributed by atoms with Gasteiger partial charge < -0.3 is 11.1 Å². The predicted molar refractivity (Wildman–Crippen MR) is 69.0 cm³/mol. The van der Waals surface area contributed by atoms with Crippen LogP contribution in [0.1, 0.15) is 0 Å². The molecule has 106 valence electrons. The van der Waals surface area contributed by atoms with E-state index in [1.807, 2.05) is 0 Å². The van der Waals surface area contributed by atoms with E-state index in [4.69, 9.17) is 5.73 Å². The van der Waals surface area contributed by atoms with Crippen molar-refractivity contribution in [2.45, 2.75) is 0 Å². The number of nitrogen functional groups attached to an aromatic ring is 1. The van der Waals surface area contributed by atoms with Crippen molar-refractivity contribution in [1.29, 1.82) is 0 Å². The second-order valence-corrected chi connectivity index (χ2v) is 4.40. The molecule has 0 spiro atoms. The van der Waals surface area contributed by atoms with Crippen LogP contribution < -0.4 is 16.4 Å². The molecular weight excluding hydrogens is 267 g/mol. The maximum atomic E-state index is 13.0. The molecule has 1 aromatic carbocycles. The minimum Gasteiger partial charge on any atom is -0.397 e. The van der Waals surface area contributed by atoms with Crippen LogP contribution in [0.4, 0.5) is 15.8 Å². The summed E-state index contributed by atoms with van der Waals surface area (Å²) in [5.41, 5.74) is 5.99. The van der Waals surface area contributed by atoms with Gasteiger partial charge in [0.1, 0.15) is 5.82 Å². The molecule has 3 amide bonds. The second-order valence-electron chi connectivity index (χ2n) is 4.40. The van der Waals surface area contributed by atoms with Gasteiger partial charge in [-0.05, 0) is 18.2 Å². The van der Waals surface area contributed by atoms with Crippen molar-refractivity contribution in [1.82, 2.24) is 10.2 Å². The van der Waals surface area contributed by atoms with Crippen molar-refractivity contribution in [3.63, 3.8) is 0 Å². The van der Waals surface area contributed by atoms with E-state index in [1.54, 1.807) is 0 Å². The lowest BCUT2D eigenvalue weighted by molar-refractivity contribution is -0.136. The zero-order valence-corrected chi connectivity index (χ0v) is 10.5. The average Bonchev–Trinajstić information content (AvgIpc) is 2.32. The van der Waals surface area contributed by atoms with E-state index in [0.29, 0.717) is 0 Å². The number of imide groups is 1. The van der Waals surface area contributed by atoms with Gasteiger partial charge in [0.2, 0.25) is 17.7 Å². The summed E-state index contributed by atoms with van der Waals surface area (Å²) in [7, 11) is 0. The number of hydrogen-bond acceptors (Lipinski definition) is 5. The molecular formula is C12H13FN4O3. The molecule has 0 aliphatic carbocycles. The average molecular weight is 280 g/mol. The van der Waals surface area contributed by atoms with E-state index < -0.39 is 23.5 Å². The second kappa shape index (κ2) is 5.66. The highest BCUT2D eigenvalue weighted by Crippen LogP contribution is 2.19. The quantitative estimate of drug-likeness (QED) is 0.502. The van der Waals surface area contributed by atoms with Gasteiger partial charge in [-0.2, -0.15) is 0 Å². The normalized spacial score (nSPS) is 15.8. The fraction of sp³-hybridized carbons (Fsp3) is 0.250. The summed E-state index contributed by atoms with van der Waals surface area (Å²) in [6.45, 7) is -0.245. The Hall–Kier alpha value is -2.48. The highest BCUT2D eigenvalue weighted by atomic mass is 19.1. The van der Waals surface area contributed by atoms with Gasteiger partial charge in [-0.1, -0.05) is 0 Å². The zero-order valence-electron chi connectivity index (χ0n) is 10.5. The summed E-state index contributed by atoms with van der Waals surface area (Å²) in [4.78, 5) is 35.5. The molecule has 1 heterocycles. The lowest BCUT2D eigenvalue weighted by Crippen LogP contribution is -2.53. The van der Waals surface area contributed by atoms with E-state index in [9.17, 15) is 18.8 Å². The van der Waals surface area contributed by atoms with E-state index in [0.717, 1.165) is 6.07 Å². The minimum atomic E-state index is -0.526. The smallest absolute Gasteiger partial charge is 0.240 e. The van der Waals surface area contributed by atoms with Crippen molar-refractivity contribution in [2.24, 2.45) is 0 Å². The van der Waals surface area contributed by atoms with Gasteiger partial charge in [-0.25, -0.2) is 4.39 Å². The molecule has 7 nitrogen and oxygen atoms in total. The lowest BCUT2D eigenvalue weighted by atomic mass is 10.2. The molecule has 8 heteroatoms. The largest absolute Gasteiger partial charge is 0.397 e. The van der Waals surface area contributed by atoms with Crippen LogP contribution in [-0.4, -0.2) is 42.3 Å². The summed E-state index contributed by atoms with van der Waals surface area (Å²) >= 11 is 0. The number of nitrogens with zero attached hydrogens (tertiary/aromatic N) is 1. The van der Waals surface area contributed by atoms with E-state index in [1.165, 1.54) is 17.0 Å².